The van der Waals surface area contributed by atoms with Crippen molar-refractivity contribution in [2.24, 2.45) is 0 Å². The van der Waals surface area contributed by atoms with Gasteiger partial charge in [0.15, 0.2) is 0 Å². The smallest absolute Gasteiger partial charge is 0.125 e. The number of halogens is 1. The molecule has 0 aliphatic heterocycles. The van der Waals surface area contributed by atoms with Crippen molar-refractivity contribution >= 4 is 17.2 Å². The molecule has 0 spiro atoms. The van der Waals surface area contributed by atoms with E-state index >= 15 is 0 Å². The monoisotopic (exact) mass is 203 g/mol. The van der Waals surface area contributed by atoms with Crippen molar-refractivity contribution in [1.82, 2.24) is 4.98 Å². The van der Waals surface area contributed by atoms with Gasteiger partial charge in [0.25, 0.3) is 0 Å². The van der Waals surface area contributed by atoms with E-state index in [1.807, 2.05) is 0 Å². The quantitative estimate of drug-likeness (QED) is 0.788. The number of nitrogen functional groups attached to an aromatic ring is 1. The van der Waals surface area contributed by atoms with E-state index < -0.39 is 0 Å². The number of hydrogen-bond acceptors (Lipinski definition) is 3. The maximum Gasteiger partial charge on any atom is 0.125 e. The van der Waals surface area contributed by atoms with Crippen molar-refractivity contribution < 1.29 is 4.39 Å². The molecule has 0 amide bonds. The SMILES string of the molecule is Nc1cc(Nc2ccc(F)cc2)ccn1. The normalized spacial score (nSPS) is 9.93. The van der Waals surface area contributed by atoms with Crippen molar-refractivity contribution in [2.75, 3.05) is 11.1 Å². The summed E-state index contributed by atoms with van der Waals surface area (Å²) in [5, 5.41) is 3.09. The highest BCUT2D eigenvalue weighted by Crippen LogP contribution is 2.17. The van der Waals surface area contributed by atoms with Gasteiger partial charge in [-0.15, -0.1) is 0 Å². The summed E-state index contributed by atoms with van der Waals surface area (Å²) >= 11 is 0. The molecular formula is C11H10FN3. The number of pyridine rings is 1. The average molecular weight is 203 g/mol. The second-order valence-electron chi connectivity index (χ2n) is 3.10. The molecule has 0 unspecified atom stereocenters. The first kappa shape index (κ1) is 9.45. The lowest BCUT2D eigenvalue weighted by Gasteiger charge is -2.06. The predicted octanol–water partition coefficient (Wildman–Crippen LogP) is 2.55. The summed E-state index contributed by atoms with van der Waals surface area (Å²) in [6, 6.07) is 9.61. The van der Waals surface area contributed by atoms with E-state index in [2.05, 4.69) is 10.3 Å². The number of benzene rings is 1. The lowest BCUT2D eigenvalue weighted by atomic mass is 10.3. The largest absolute Gasteiger partial charge is 0.384 e. The van der Waals surface area contributed by atoms with Gasteiger partial charge in [-0.1, -0.05) is 0 Å². The summed E-state index contributed by atoms with van der Waals surface area (Å²) in [6.45, 7) is 0. The van der Waals surface area contributed by atoms with Gasteiger partial charge in [0, 0.05) is 23.6 Å². The first-order chi connectivity index (χ1) is 7.24. The summed E-state index contributed by atoms with van der Waals surface area (Å²) in [7, 11) is 0. The third-order valence-electron chi connectivity index (χ3n) is 1.91. The molecule has 0 fully saturated rings. The molecule has 1 aromatic heterocycles. The van der Waals surface area contributed by atoms with Gasteiger partial charge in [0.05, 0.1) is 0 Å². The van der Waals surface area contributed by atoms with Gasteiger partial charge >= 0.3 is 0 Å². The molecule has 76 valence electrons. The van der Waals surface area contributed by atoms with Crippen molar-refractivity contribution in [3.63, 3.8) is 0 Å². The molecule has 2 aromatic rings. The molecule has 2 rings (SSSR count). The third kappa shape index (κ3) is 2.43. The Hall–Kier alpha value is -2.10. The highest BCUT2D eigenvalue weighted by molar-refractivity contribution is 5.61. The molecule has 0 aliphatic rings. The summed E-state index contributed by atoms with van der Waals surface area (Å²) in [4.78, 5) is 3.87. The number of aromatic nitrogens is 1. The van der Waals surface area contributed by atoms with E-state index in [0.29, 0.717) is 5.82 Å². The molecular weight excluding hydrogens is 193 g/mol. The Morgan fingerprint density at radius 1 is 1.07 bits per heavy atom. The lowest BCUT2D eigenvalue weighted by molar-refractivity contribution is 0.628. The zero-order valence-corrected chi connectivity index (χ0v) is 7.94. The minimum Gasteiger partial charge on any atom is -0.384 e. The molecule has 0 radical (unpaired) electrons. The van der Waals surface area contributed by atoms with Gasteiger partial charge in [-0.3, -0.25) is 0 Å². The molecule has 1 aromatic carbocycles. The van der Waals surface area contributed by atoms with Crippen LogP contribution in [0.15, 0.2) is 42.6 Å². The fourth-order valence-corrected chi connectivity index (χ4v) is 1.23. The molecule has 0 atom stereocenters. The molecule has 4 heteroatoms. The molecule has 0 aliphatic carbocycles. The van der Waals surface area contributed by atoms with Gasteiger partial charge in [-0.2, -0.15) is 0 Å². The average Bonchev–Trinajstić information content (AvgIpc) is 2.22. The van der Waals surface area contributed by atoms with Crippen LogP contribution < -0.4 is 11.1 Å². The molecule has 15 heavy (non-hydrogen) atoms. The fourth-order valence-electron chi connectivity index (χ4n) is 1.23. The van der Waals surface area contributed by atoms with Crippen LogP contribution in [0, 0.1) is 5.82 Å². The van der Waals surface area contributed by atoms with Crippen molar-refractivity contribution in [3.05, 3.63) is 48.4 Å². The molecule has 0 bridgehead atoms. The second kappa shape index (κ2) is 3.96. The maximum absolute atomic E-state index is 12.6. The number of nitrogens with zero attached hydrogens (tertiary/aromatic N) is 1. The Balaban J connectivity index is 2.18. The van der Waals surface area contributed by atoms with Crippen molar-refractivity contribution in [1.29, 1.82) is 0 Å². The van der Waals surface area contributed by atoms with Crippen molar-refractivity contribution in [2.45, 2.75) is 0 Å². The van der Waals surface area contributed by atoms with Crippen LogP contribution in [0.25, 0.3) is 0 Å². The predicted molar refractivity (Wildman–Crippen MR) is 58.3 cm³/mol. The number of nitrogens with one attached hydrogen (secondary N) is 1. The molecule has 3 N–H and O–H groups in total. The fraction of sp³-hybridized carbons (Fsp3) is 0. The summed E-state index contributed by atoms with van der Waals surface area (Å²) in [6.07, 6.45) is 1.61. The first-order valence-electron chi connectivity index (χ1n) is 4.48. The molecule has 1 heterocycles. The van der Waals surface area contributed by atoms with E-state index in [1.54, 1.807) is 30.5 Å². The number of nitrogens with two attached hydrogens (primary N) is 1. The van der Waals surface area contributed by atoms with Gasteiger partial charge in [0.1, 0.15) is 11.6 Å². The van der Waals surface area contributed by atoms with E-state index in [0.717, 1.165) is 11.4 Å². The highest BCUT2D eigenvalue weighted by atomic mass is 19.1. The molecule has 3 nitrogen and oxygen atoms in total. The summed E-state index contributed by atoms with van der Waals surface area (Å²) < 4.78 is 12.6. The van der Waals surface area contributed by atoms with Crippen LogP contribution in [0.3, 0.4) is 0 Å². The Kier molecular flexibility index (Phi) is 2.49. The van der Waals surface area contributed by atoms with Crippen LogP contribution in [0.4, 0.5) is 21.6 Å². The first-order valence-corrected chi connectivity index (χ1v) is 4.48. The van der Waals surface area contributed by atoms with Crippen LogP contribution in [-0.4, -0.2) is 4.98 Å². The minimum absolute atomic E-state index is 0.255. The maximum atomic E-state index is 12.6. The van der Waals surface area contributed by atoms with Gasteiger partial charge in [-0.25, -0.2) is 9.37 Å². The molecule has 0 saturated heterocycles. The van der Waals surface area contributed by atoms with E-state index in [-0.39, 0.29) is 5.82 Å². The standard InChI is InChI=1S/C11H10FN3/c12-8-1-3-9(4-2-8)15-10-5-6-14-11(13)7-10/h1-7H,(H3,13,14,15). The number of anilines is 3. The van der Waals surface area contributed by atoms with E-state index in [4.69, 9.17) is 5.73 Å². The summed E-state index contributed by atoms with van der Waals surface area (Å²) in [5.41, 5.74) is 7.16. The number of rotatable bonds is 2. The van der Waals surface area contributed by atoms with Crippen LogP contribution in [0.2, 0.25) is 0 Å². The molecule has 0 saturated carbocycles. The van der Waals surface area contributed by atoms with E-state index in [9.17, 15) is 4.39 Å². The Morgan fingerprint density at radius 3 is 2.47 bits per heavy atom. The summed E-state index contributed by atoms with van der Waals surface area (Å²) in [5.74, 6) is 0.192. The number of hydrogen-bond donors (Lipinski definition) is 2. The van der Waals surface area contributed by atoms with Crippen LogP contribution in [-0.2, 0) is 0 Å². The van der Waals surface area contributed by atoms with E-state index in [1.165, 1.54) is 12.1 Å². The second-order valence-corrected chi connectivity index (χ2v) is 3.10. The van der Waals surface area contributed by atoms with Crippen LogP contribution in [0.1, 0.15) is 0 Å². The Morgan fingerprint density at radius 2 is 1.80 bits per heavy atom. The van der Waals surface area contributed by atoms with Crippen LogP contribution in [0.5, 0.6) is 0 Å². The zero-order chi connectivity index (χ0) is 10.7. The van der Waals surface area contributed by atoms with Gasteiger partial charge < -0.3 is 11.1 Å². The highest BCUT2D eigenvalue weighted by Gasteiger charge is 1.95. The Labute approximate surface area is 86.8 Å². The van der Waals surface area contributed by atoms with Gasteiger partial charge in [0.2, 0.25) is 0 Å². The van der Waals surface area contributed by atoms with Crippen molar-refractivity contribution in [3.8, 4) is 0 Å². The third-order valence-corrected chi connectivity index (χ3v) is 1.91. The van der Waals surface area contributed by atoms with Gasteiger partial charge in [-0.05, 0) is 30.3 Å². The lowest BCUT2D eigenvalue weighted by Crippen LogP contribution is -1.94. The zero-order valence-electron chi connectivity index (χ0n) is 7.94. The topological polar surface area (TPSA) is 50.9 Å². The Bertz CT molecular complexity index is 454. The van der Waals surface area contributed by atoms with Crippen LogP contribution >= 0.6 is 0 Å². The minimum atomic E-state index is -0.255.